The molecule has 1 atom stereocenters. The number of rotatable bonds is 7. The minimum Gasteiger partial charge on any atom is -0.366 e. The van der Waals surface area contributed by atoms with E-state index >= 15 is 0 Å². The van der Waals surface area contributed by atoms with E-state index in [4.69, 9.17) is 16.6 Å². The van der Waals surface area contributed by atoms with Gasteiger partial charge >= 0.3 is 0 Å². The predicted octanol–water partition coefficient (Wildman–Crippen LogP) is 6.88. The number of aromatic nitrogens is 1. The summed E-state index contributed by atoms with van der Waals surface area (Å²) in [7, 11) is 0. The van der Waals surface area contributed by atoms with Crippen molar-refractivity contribution >= 4 is 34.2 Å². The van der Waals surface area contributed by atoms with Crippen LogP contribution in [0.3, 0.4) is 0 Å². The molecule has 0 spiro atoms. The Balaban J connectivity index is 1.37. The van der Waals surface area contributed by atoms with Crippen LogP contribution in [0.15, 0.2) is 66.7 Å². The molecule has 2 aliphatic rings. The smallest absolute Gasteiger partial charge is 0.254 e. The number of anilines is 1. The number of carbonyl (C=O) groups excluding carboxylic acids is 1. The number of halogens is 2. The first kappa shape index (κ1) is 27.2. The van der Waals surface area contributed by atoms with Crippen molar-refractivity contribution in [2.75, 3.05) is 31.5 Å². The van der Waals surface area contributed by atoms with Gasteiger partial charge in [-0.25, -0.2) is 9.37 Å². The Morgan fingerprint density at radius 3 is 2.59 bits per heavy atom. The molecule has 2 fully saturated rings. The molecule has 1 N–H and O–H groups in total. The molecule has 6 nitrogen and oxygen atoms in total. The maximum absolute atomic E-state index is 14.6. The Hall–Kier alpha value is -3.99. The summed E-state index contributed by atoms with van der Waals surface area (Å²) in [6.45, 7) is 4.01. The SMILES string of the molecule is N#Cc1ccc(-c2ccc3nc(NCc4cccc(Cl)c4F)cc(C(=O)N4CCC[C@H]4CN4CCCC4)c3c2)cc1. The van der Waals surface area contributed by atoms with Gasteiger partial charge in [0.1, 0.15) is 11.6 Å². The van der Waals surface area contributed by atoms with Crippen molar-refractivity contribution in [3.05, 3.63) is 94.3 Å². The number of fused-ring (bicyclic) bond motifs is 1. The fraction of sp³-hybridized carbons (Fsp3) is 0.303. The first-order valence-electron chi connectivity index (χ1n) is 14.2. The van der Waals surface area contributed by atoms with Crippen molar-refractivity contribution in [2.24, 2.45) is 0 Å². The molecule has 2 saturated heterocycles. The van der Waals surface area contributed by atoms with Crippen LogP contribution in [-0.4, -0.2) is 52.9 Å². The van der Waals surface area contributed by atoms with Crippen LogP contribution in [0.4, 0.5) is 10.2 Å². The molecular formula is C33H31ClFN5O. The van der Waals surface area contributed by atoms with Crippen LogP contribution in [0, 0.1) is 17.1 Å². The van der Waals surface area contributed by atoms with Crippen molar-refractivity contribution in [3.63, 3.8) is 0 Å². The Labute approximate surface area is 244 Å². The van der Waals surface area contributed by atoms with Gasteiger partial charge in [-0.15, -0.1) is 0 Å². The number of nitrogens with zero attached hydrogens (tertiary/aromatic N) is 4. The Morgan fingerprint density at radius 2 is 1.80 bits per heavy atom. The van der Waals surface area contributed by atoms with Crippen LogP contribution in [-0.2, 0) is 6.54 Å². The molecule has 208 valence electrons. The van der Waals surface area contributed by atoms with Gasteiger partial charge in [-0.2, -0.15) is 5.26 Å². The summed E-state index contributed by atoms with van der Waals surface area (Å²) in [5, 5.41) is 13.2. The third-order valence-corrected chi connectivity index (χ3v) is 8.48. The minimum atomic E-state index is -0.465. The number of pyridine rings is 1. The summed E-state index contributed by atoms with van der Waals surface area (Å²) in [4.78, 5) is 23.5. The molecule has 0 bridgehead atoms. The average molecular weight is 568 g/mol. The van der Waals surface area contributed by atoms with E-state index in [1.807, 2.05) is 35.2 Å². The second kappa shape index (κ2) is 11.9. The number of nitriles is 1. The van der Waals surface area contributed by atoms with E-state index in [-0.39, 0.29) is 23.5 Å². The van der Waals surface area contributed by atoms with Gasteiger partial charge in [-0.05, 0) is 86.3 Å². The highest BCUT2D eigenvalue weighted by Crippen LogP contribution is 2.31. The molecule has 4 aromatic rings. The van der Waals surface area contributed by atoms with Gasteiger partial charge in [-0.3, -0.25) is 4.79 Å². The van der Waals surface area contributed by atoms with Crippen molar-refractivity contribution in [1.82, 2.24) is 14.8 Å². The fourth-order valence-electron chi connectivity index (χ4n) is 5.99. The zero-order valence-electron chi connectivity index (χ0n) is 22.7. The predicted molar refractivity (Wildman–Crippen MR) is 160 cm³/mol. The van der Waals surface area contributed by atoms with Crippen molar-refractivity contribution in [3.8, 4) is 17.2 Å². The second-order valence-electron chi connectivity index (χ2n) is 10.8. The monoisotopic (exact) mass is 567 g/mol. The molecule has 2 aliphatic heterocycles. The van der Waals surface area contributed by atoms with Crippen LogP contribution < -0.4 is 5.32 Å². The lowest BCUT2D eigenvalue weighted by molar-refractivity contribution is 0.0710. The van der Waals surface area contributed by atoms with E-state index < -0.39 is 5.82 Å². The number of hydrogen-bond donors (Lipinski definition) is 1. The summed E-state index contributed by atoms with van der Waals surface area (Å²) >= 11 is 5.98. The second-order valence-corrected chi connectivity index (χ2v) is 11.3. The van der Waals surface area contributed by atoms with E-state index in [9.17, 15) is 14.4 Å². The highest BCUT2D eigenvalue weighted by atomic mass is 35.5. The van der Waals surface area contributed by atoms with E-state index in [1.165, 1.54) is 18.9 Å². The third kappa shape index (κ3) is 5.76. The molecule has 1 aromatic heterocycles. The summed E-state index contributed by atoms with van der Waals surface area (Å²) in [6, 6.07) is 22.3. The van der Waals surface area contributed by atoms with Gasteiger partial charge < -0.3 is 15.1 Å². The van der Waals surface area contributed by atoms with Crippen molar-refractivity contribution in [1.29, 1.82) is 5.26 Å². The molecule has 0 saturated carbocycles. The lowest BCUT2D eigenvalue weighted by Gasteiger charge is -2.29. The number of nitrogens with one attached hydrogen (secondary N) is 1. The normalized spacial score (nSPS) is 17.2. The van der Waals surface area contributed by atoms with E-state index in [2.05, 4.69) is 16.3 Å². The zero-order chi connectivity index (χ0) is 28.3. The Kier molecular flexibility index (Phi) is 7.86. The Morgan fingerprint density at radius 1 is 1.02 bits per heavy atom. The maximum Gasteiger partial charge on any atom is 0.254 e. The number of benzene rings is 3. The maximum atomic E-state index is 14.6. The molecule has 41 heavy (non-hydrogen) atoms. The molecule has 0 aliphatic carbocycles. The fourth-order valence-corrected chi connectivity index (χ4v) is 6.19. The average Bonchev–Trinajstić information content (AvgIpc) is 3.69. The van der Waals surface area contributed by atoms with Crippen LogP contribution >= 0.6 is 11.6 Å². The Bertz CT molecular complexity index is 1630. The number of hydrogen-bond acceptors (Lipinski definition) is 5. The first-order chi connectivity index (χ1) is 20.0. The molecule has 6 rings (SSSR count). The highest BCUT2D eigenvalue weighted by Gasteiger charge is 2.32. The highest BCUT2D eigenvalue weighted by molar-refractivity contribution is 6.30. The minimum absolute atomic E-state index is 0.00642. The van der Waals surface area contributed by atoms with E-state index in [0.29, 0.717) is 28.0 Å². The van der Waals surface area contributed by atoms with Crippen LogP contribution in [0.25, 0.3) is 22.0 Å². The lowest BCUT2D eigenvalue weighted by atomic mass is 9.99. The molecule has 3 aromatic carbocycles. The lowest BCUT2D eigenvalue weighted by Crippen LogP contribution is -2.42. The molecule has 8 heteroatoms. The van der Waals surface area contributed by atoms with Crippen LogP contribution in [0.2, 0.25) is 5.02 Å². The number of carbonyl (C=O) groups is 1. The van der Waals surface area contributed by atoms with Crippen molar-refractivity contribution in [2.45, 2.75) is 38.3 Å². The van der Waals surface area contributed by atoms with Gasteiger partial charge in [-0.1, -0.05) is 41.9 Å². The molecule has 3 heterocycles. The topological polar surface area (TPSA) is 72.3 Å². The first-order valence-corrected chi connectivity index (χ1v) is 14.5. The van der Waals surface area contributed by atoms with Crippen LogP contribution in [0.1, 0.15) is 47.2 Å². The van der Waals surface area contributed by atoms with Gasteiger partial charge in [0.2, 0.25) is 0 Å². The largest absolute Gasteiger partial charge is 0.366 e. The summed E-state index contributed by atoms with van der Waals surface area (Å²) in [5.41, 5.74) is 4.17. The number of likely N-dealkylation sites (tertiary alicyclic amines) is 2. The van der Waals surface area contributed by atoms with Gasteiger partial charge in [0.25, 0.3) is 5.91 Å². The molecule has 0 unspecified atom stereocenters. The van der Waals surface area contributed by atoms with Gasteiger partial charge in [0, 0.05) is 36.6 Å². The van der Waals surface area contributed by atoms with E-state index in [1.54, 1.807) is 30.3 Å². The van der Waals surface area contributed by atoms with Gasteiger partial charge in [0.05, 0.1) is 27.7 Å². The standard InChI is InChI=1S/C33H31ClFN5O/c34-29-7-3-5-25(32(29)35)20-37-31-18-28(33(41)40-16-4-6-26(40)21-39-14-1-2-15-39)27-17-24(12-13-30(27)38-31)23-10-8-22(19-36)9-11-23/h3,5,7-13,17-18,26H,1-2,4,6,14-16,20-21H2,(H,37,38)/t26-/m0/s1. The van der Waals surface area contributed by atoms with Crippen LogP contribution in [0.5, 0.6) is 0 Å². The third-order valence-electron chi connectivity index (χ3n) is 8.18. The molecular weight excluding hydrogens is 537 g/mol. The summed E-state index contributed by atoms with van der Waals surface area (Å²) in [6.07, 6.45) is 4.43. The zero-order valence-corrected chi connectivity index (χ0v) is 23.5. The van der Waals surface area contributed by atoms with Gasteiger partial charge in [0.15, 0.2) is 0 Å². The quantitative estimate of drug-likeness (QED) is 0.263. The summed E-state index contributed by atoms with van der Waals surface area (Å²) < 4.78 is 14.6. The summed E-state index contributed by atoms with van der Waals surface area (Å²) in [5.74, 6) is 0.0299. The van der Waals surface area contributed by atoms with Crippen molar-refractivity contribution < 1.29 is 9.18 Å². The van der Waals surface area contributed by atoms with E-state index in [0.717, 1.165) is 55.5 Å². The molecule has 0 radical (unpaired) electrons. The molecule has 1 amide bonds. The number of amides is 1.